The van der Waals surface area contributed by atoms with Crippen LogP contribution in [0.5, 0.6) is 0 Å². The van der Waals surface area contributed by atoms with Gasteiger partial charge in [0.2, 0.25) is 5.95 Å². The molecule has 1 aliphatic heterocycles. The Labute approximate surface area is 244 Å². The molecule has 43 heavy (non-hydrogen) atoms. The minimum absolute atomic E-state index is 0.0160. The van der Waals surface area contributed by atoms with Gasteiger partial charge in [0.1, 0.15) is 18.0 Å². The van der Waals surface area contributed by atoms with Gasteiger partial charge in [-0.1, -0.05) is 11.6 Å². The summed E-state index contributed by atoms with van der Waals surface area (Å²) < 4.78 is 69.9. The smallest absolute Gasteiger partial charge is 0.341 e. The van der Waals surface area contributed by atoms with E-state index >= 15 is 0 Å². The van der Waals surface area contributed by atoms with Crippen LogP contribution in [0.25, 0.3) is 17.1 Å². The quantitative estimate of drug-likeness (QED) is 0.225. The van der Waals surface area contributed by atoms with Gasteiger partial charge < -0.3 is 10.6 Å². The van der Waals surface area contributed by atoms with Crippen molar-refractivity contribution in [2.24, 2.45) is 0 Å². The van der Waals surface area contributed by atoms with Crippen LogP contribution in [-0.2, 0) is 6.18 Å². The lowest BCUT2D eigenvalue weighted by Crippen LogP contribution is -2.21. The number of halogens is 6. The summed E-state index contributed by atoms with van der Waals surface area (Å²) >= 11 is 6.33. The predicted octanol–water partition coefficient (Wildman–Crippen LogP) is 6.36. The number of benzene rings is 3. The zero-order valence-electron chi connectivity index (χ0n) is 21.5. The average molecular weight is 611 g/mol. The van der Waals surface area contributed by atoms with Crippen LogP contribution in [0.1, 0.15) is 43.4 Å². The fourth-order valence-electron chi connectivity index (χ4n) is 4.73. The van der Waals surface area contributed by atoms with Gasteiger partial charge in [-0.2, -0.15) is 13.2 Å². The second-order valence-electron chi connectivity index (χ2n) is 9.48. The van der Waals surface area contributed by atoms with Crippen molar-refractivity contribution in [3.05, 3.63) is 124 Å². The number of carbonyl (C=O) groups excluding carboxylic acids is 2. The van der Waals surface area contributed by atoms with Crippen LogP contribution in [-0.4, -0.2) is 31.3 Å². The molecule has 0 fully saturated rings. The van der Waals surface area contributed by atoms with Crippen LogP contribution in [0.2, 0.25) is 5.02 Å². The maximum absolute atomic E-state index is 14.2. The zero-order chi connectivity index (χ0) is 30.5. The van der Waals surface area contributed by atoms with Crippen molar-refractivity contribution in [2.75, 3.05) is 5.32 Å². The van der Waals surface area contributed by atoms with E-state index in [1.54, 1.807) is 17.0 Å². The molecule has 3 heterocycles. The molecule has 2 aromatic heterocycles. The van der Waals surface area contributed by atoms with Gasteiger partial charge in [0.15, 0.2) is 0 Å². The number of hydrogen-bond acceptors (Lipinski definition) is 5. The van der Waals surface area contributed by atoms with Gasteiger partial charge >= 0.3 is 6.18 Å². The first-order valence-corrected chi connectivity index (χ1v) is 12.8. The number of hydrogen-bond donors (Lipinski definition) is 2. The first-order chi connectivity index (χ1) is 20.5. The molecule has 1 unspecified atom stereocenters. The number of imidazole rings is 1. The molecule has 216 valence electrons. The number of nitrogens with one attached hydrogen (secondary N) is 2. The maximum atomic E-state index is 14.2. The first-order valence-electron chi connectivity index (χ1n) is 12.4. The fourth-order valence-corrected chi connectivity index (χ4v) is 4.96. The van der Waals surface area contributed by atoms with Crippen molar-refractivity contribution in [3.8, 4) is 17.1 Å². The van der Waals surface area contributed by atoms with Crippen molar-refractivity contribution in [3.63, 3.8) is 0 Å². The third-order valence-electron chi connectivity index (χ3n) is 6.70. The fraction of sp³-hybridized carbons (Fsp3) is 0.0690. The molecule has 2 amide bonds. The largest absolute Gasteiger partial charge is 0.416 e. The van der Waals surface area contributed by atoms with Gasteiger partial charge in [-0.15, -0.1) is 0 Å². The highest BCUT2D eigenvalue weighted by molar-refractivity contribution is 6.31. The van der Waals surface area contributed by atoms with Gasteiger partial charge in [-0.05, 0) is 54.1 Å². The molecule has 1 atom stereocenters. The van der Waals surface area contributed by atoms with E-state index in [-0.39, 0.29) is 33.5 Å². The summed E-state index contributed by atoms with van der Waals surface area (Å²) in [6.07, 6.45) is 2.70. The van der Waals surface area contributed by atoms with Crippen molar-refractivity contribution in [2.45, 2.75) is 12.2 Å². The summed E-state index contributed by atoms with van der Waals surface area (Å²) in [6.45, 7) is 0. The number of aromatic nitrogens is 4. The molecule has 0 spiro atoms. The van der Waals surface area contributed by atoms with E-state index < -0.39 is 46.8 Å². The second kappa shape index (κ2) is 10.6. The number of carbonyl (C=O) groups is 2. The Morgan fingerprint density at radius 3 is 2.44 bits per heavy atom. The topological polar surface area (TPSA) is 102 Å². The SMILES string of the molecule is O=C(Nc1cc(-c2cnc(-n3ccnc3)nc2)cc2c1C(c1cc(F)ccc1Cl)NC2=O)c1cc(F)cc(C(F)(F)F)c1. The Kier molecular flexibility index (Phi) is 6.89. The number of nitrogens with zero attached hydrogens (tertiary/aromatic N) is 4. The Morgan fingerprint density at radius 1 is 0.977 bits per heavy atom. The van der Waals surface area contributed by atoms with E-state index in [0.717, 1.165) is 12.1 Å². The van der Waals surface area contributed by atoms with Crippen molar-refractivity contribution in [1.29, 1.82) is 0 Å². The normalized spacial score (nSPS) is 14.4. The minimum Gasteiger partial charge on any atom is -0.341 e. The van der Waals surface area contributed by atoms with Gasteiger partial charge in [-0.25, -0.2) is 23.7 Å². The van der Waals surface area contributed by atoms with Crippen molar-refractivity contribution < 1.29 is 31.5 Å². The number of alkyl halides is 3. The first kappa shape index (κ1) is 28.0. The molecule has 0 radical (unpaired) electrons. The molecule has 0 saturated carbocycles. The minimum atomic E-state index is -4.91. The summed E-state index contributed by atoms with van der Waals surface area (Å²) in [5.74, 6) is -3.27. The highest BCUT2D eigenvalue weighted by atomic mass is 35.5. The average Bonchev–Trinajstić information content (AvgIpc) is 3.62. The summed E-state index contributed by atoms with van der Waals surface area (Å²) in [6, 6.07) is 6.91. The van der Waals surface area contributed by atoms with Gasteiger partial charge in [-0.3, -0.25) is 14.2 Å². The Morgan fingerprint density at radius 2 is 1.74 bits per heavy atom. The third-order valence-corrected chi connectivity index (χ3v) is 7.04. The standard InChI is InChI=1S/C29H16ClF5N6O2/c30-22-2-1-18(31)10-20(22)25-24-21(27(43)40-25)7-14(16-11-37-28(38-12-16)41-4-3-36-13-41)8-23(24)39-26(42)15-5-17(29(33,34)35)9-19(32)6-15/h1-13,25H,(H,39,42)(H,40,43). The number of rotatable bonds is 5. The van der Waals surface area contributed by atoms with E-state index in [2.05, 4.69) is 25.6 Å². The molecule has 6 rings (SSSR count). The number of amides is 2. The van der Waals surface area contributed by atoms with Gasteiger partial charge in [0, 0.05) is 63.3 Å². The van der Waals surface area contributed by atoms with Crippen LogP contribution in [0.15, 0.2) is 79.6 Å². The van der Waals surface area contributed by atoms with E-state index in [1.165, 1.54) is 36.9 Å². The number of fused-ring (bicyclic) bond motifs is 1. The Bertz CT molecular complexity index is 1900. The second-order valence-corrected chi connectivity index (χ2v) is 9.89. The number of anilines is 1. The van der Waals surface area contributed by atoms with Crippen LogP contribution < -0.4 is 10.6 Å². The van der Waals surface area contributed by atoms with Gasteiger partial charge in [0.25, 0.3) is 11.8 Å². The monoisotopic (exact) mass is 610 g/mol. The Balaban J connectivity index is 1.47. The molecular weight excluding hydrogens is 595 g/mol. The van der Waals surface area contributed by atoms with Crippen LogP contribution in [0, 0.1) is 11.6 Å². The lowest BCUT2D eigenvalue weighted by Gasteiger charge is -2.19. The molecule has 1 aliphatic rings. The molecule has 5 aromatic rings. The molecule has 3 aromatic carbocycles. The van der Waals surface area contributed by atoms with Crippen LogP contribution >= 0.6 is 11.6 Å². The molecule has 2 N–H and O–H groups in total. The molecule has 8 nitrogen and oxygen atoms in total. The summed E-state index contributed by atoms with van der Waals surface area (Å²) in [7, 11) is 0. The maximum Gasteiger partial charge on any atom is 0.416 e. The van der Waals surface area contributed by atoms with Crippen LogP contribution in [0.3, 0.4) is 0 Å². The van der Waals surface area contributed by atoms with Crippen LogP contribution in [0.4, 0.5) is 27.6 Å². The predicted molar refractivity (Wildman–Crippen MR) is 145 cm³/mol. The molecule has 0 bridgehead atoms. The van der Waals surface area contributed by atoms with E-state index in [9.17, 15) is 31.5 Å². The summed E-state index contributed by atoms with van der Waals surface area (Å²) in [5.41, 5.74) is -0.766. The van der Waals surface area contributed by atoms with E-state index in [0.29, 0.717) is 29.2 Å². The highest BCUT2D eigenvalue weighted by Crippen LogP contribution is 2.42. The lowest BCUT2D eigenvalue weighted by atomic mass is 9.93. The van der Waals surface area contributed by atoms with E-state index in [1.807, 2.05) is 0 Å². The molecular formula is C29H16ClF5N6O2. The highest BCUT2D eigenvalue weighted by Gasteiger charge is 2.36. The summed E-state index contributed by atoms with van der Waals surface area (Å²) in [4.78, 5) is 38.9. The third kappa shape index (κ3) is 5.42. The molecule has 14 heteroatoms. The zero-order valence-corrected chi connectivity index (χ0v) is 22.2. The molecule has 0 aliphatic carbocycles. The summed E-state index contributed by atoms with van der Waals surface area (Å²) in [5, 5.41) is 5.33. The Hall–Kier alpha value is -5.17. The molecule has 0 saturated heterocycles. The van der Waals surface area contributed by atoms with Crippen molar-refractivity contribution in [1.82, 2.24) is 24.8 Å². The van der Waals surface area contributed by atoms with Gasteiger partial charge in [0.05, 0.1) is 11.6 Å². The van der Waals surface area contributed by atoms with E-state index in [4.69, 9.17) is 11.6 Å². The van der Waals surface area contributed by atoms with Crippen molar-refractivity contribution >= 4 is 29.1 Å². The lowest BCUT2D eigenvalue weighted by molar-refractivity contribution is -0.137.